The standard InChI is InChI=1S/C21H21FN4O3S/c22-17-9-15-12-28-20(14-5-2-1-3-6-14)29-19(15)16(10-17)13-30-21-23-24-25-26(21)11-18-7-4-8-27-18/h1-3,5-6,9-10,18,20H,4,7-8,11-13H2. The molecule has 2 unspecified atom stereocenters. The Labute approximate surface area is 177 Å². The molecule has 2 aromatic carbocycles. The lowest BCUT2D eigenvalue weighted by atomic mass is 10.1. The van der Waals surface area contributed by atoms with Crippen molar-refractivity contribution in [2.75, 3.05) is 6.61 Å². The van der Waals surface area contributed by atoms with Crippen LogP contribution in [0.5, 0.6) is 5.75 Å². The van der Waals surface area contributed by atoms with Crippen LogP contribution in [0, 0.1) is 5.82 Å². The number of thioether (sulfide) groups is 1. The summed E-state index contributed by atoms with van der Waals surface area (Å²) in [5.41, 5.74) is 2.38. The fourth-order valence-corrected chi connectivity index (χ4v) is 4.55. The summed E-state index contributed by atoms with van der Waals surface area (Å²) >= 11 is 1.45. The largest absolute Gasteiger partial charge is 0.460 e. The van der Waals surface area contributed by atoms with Crippen molar-refractivity contribution in [2.24, 2.45) is 0 Å². The van der Waals surface area contributed by atoms with Gasteiger partial charge in [-0.3, -0.25) is 0 Å². The fourth-order valence-electron chi connectivity index (χ4n) is 3.70. The van der Waals surface area contributed by atoms with E-state index >= 15 is 0 Å². The quantitative estimate of drug-likeness (QED) is 0.552. The first-order chi connectivity index (χ1) is 14.8. The van der Waals surface area contributed by atoms with Crippen molar-refractivity contribution in [2.45, 2.75) is 49.3 Å². The zero-order chi connectivity index (χ0) is 20.3. The highest BCUT2D eigenvalue weighted by atomic mass is 32.2. The predicted octanol–water partition coefficient (Wildman–Crippen LogP) is 3.89. The van der Waals surface area contributed by atoms with Gasteiger partial charge in [0.1, 0.15) is 11.6 Å². The zero-order valence-electron chi connectivity index (χ0n) is 16.2. The topological polar surface area (TPSA) is 71.3 Å². The minimum absolute atomic E-state index is 0.141. The van der Waals surface area contributed by atoms with Gasteiger partial charge in [0, 0.05) is 29.1 Å². The highest BCUT2D eigenvalue weighted by molar-refractivity contribution is 7.98. The van der Waals surface area contributed by atoms with Gasteiger partial charge in [-0.2, -0.15) is 0 Å². The summed E-state index contributed by atoms with van der Waals surface area (Å²) < 4.78 is 33.6. The second-order valence-corrected chi connectivity index (χ2v) is 8.23. The number of fused-ring (bicyclic) bond motifs is 1. The van der Waals surface area contributed by atoms with Gasteiger partial charge in [0.25, 0.3) is 0 Å². The number of benzene rings is 2. The Morgan fingerprint density at radius 2 is 2.07 bits per heavy atom. The second kappa shape index (κ2) is 8.71. The predicted molar refractivity (Wildman–Crippen MR) is 107 cm³/mol. The van der Waals surface area contributed by atoms with E-state index in [1.807, 2.05) is 30.3 Å². The van der Waals surface area contributed by atoms with E-state index in [0.717, 1.165) is 30.6 Å². The highest BCUT2D eigenvalue weighted by Gasteiger charge is 2.26. The molecule has 3 aromatic rings. The molecular weight excluding hydrogens is 407 g/mol. The van der Waals surface area contributed by atoms with Gasteiger partial charge in [-0.15, -0.1) is 5.10 Å². The smallest absolute Gasteiger partial charge is 0.227 e. The lowest BCUT2D eigenvalue weighted by Gasteiger charge is -2.28. The normalized spacial score (nSPS) is 20.7. The average molecular weight is 428 g/mol. The van der Waals surface area contributed by atoms with Crippen LogP contribution in [-0.4, -0.2) is 32.9 Å². The van der Waals surface area contributed by atoms with Gasteiger partial charge >= 0.3 is 0 Å². The number of halogens is 1. The maximum atomic E-state index is 14.2. The number of aromatic nitrogens is 4. The van der Waals surface area contributed by atoms with Crippen LogP contribution in [0.25, 0.3) is 0 Å². The van der Waals surface area contributed by atoms with Gasteiger partial charge in [0.2, 0.25) is 11.4 Å². The van der Waals surface area contributed by atoms with Crippen LogP contribution in [0.15, 0.2) is 47.6 Å². The summed E-state index contributed by atoms with van der Waals surface area (Å²) in [6.45, 7) is 1.70. The summed E-state index contributed by atoms with van der Waals surface area (Å²) in [4.78, 5) is 0. The molecule has 2 aliphatic heterocycles. The minimum atomic E-state index is -0.516. The van der Waals surface area contributed by atoms with Crippen molar-refractivity contribution in [3.8, 4) is 5.75 Å². The summed E-state index contributed by atoms with van der Waals surface area (Å²) in [6.07, 6.45) is 1.70. The van der Waals surface area contributed by atoms with Crippen LogP contribution in [0.2, 0.25) is 0 Å². The molecule has 0 N–H and O–H groups in total. The van der Waals surface area contributed by atoms with E-state index in [-0.39, 0.29) is 11.9 Å². The van der Waals surface area contributed by atoms with Crippen molar-refractivity contribution in [3.63, 3.8) is 0 Å². The van der Waals surface area contributed by atoms with Crippen molar-refractivity contribution in [1.82, 2.24) is 20.2 Å². The molecule has 3 heterocycles. The van der Waals surface area contributed by atoms with Crippen molar-refractivity contribution in [1.29, 1.82) is 0 Å². The number of hydrogen-bond acceptors (Lipinski definition) is 7. The van der Waals surface area contributed by atoms with Gasteiger partial charge in [-0.1, -0.05) is 42.1 Å². The first-order valence-electron chi connectivity index (χ1n) is 9.91. The molecule has 0 amide bonds. The summed E-state index contributed by atoms with van der Waals surface area (Å²) in [5.74, 6) is 0.837. The summed E-state index contributed by atoms with van der Waals surface area (Å²) in [5, 5.41) is 12.7. The van der Waals surface area contributed by atoms with E-state index in [0.29, 0.717) is 35.4 Å². The van der Waals surface area contributed by atoms with E-state index in [2.05, 4.69) is 15.5 Å². The lowest BCUT2D eigenvalue weighted by molar-refractivity contribution is -0.112. The molecule has 2 aliphatic rings. The van der Waals surface area contributed by atoms with Crippen LogP contribution in [0.4, 0.5) is 4.39 Å². The van der Waals surface area contributed by atoms with Gasteiger partial charge < -0.3 is 14.2 Å². The zero-order valence-corrected chi connectivity index (χ0v) is 17.1. The molecule has 1 fully saturated rings. The molecule has 0 radical (unpaired) electrons. The fraction of sp³-hybridized carbons (Fsp3) is 0.381. The second-order valence-electron chi connectivity index (χ2n) is 7.29. The van der Waals surface area contributed by atoms with Gasteiger partial charge in [-0.25, -0.2) is 9.07 Å². The number of hydrogen-bond donors (Lipinski definition) is 0. The summed E-state index contributed by atoms with van der Waals surface area (Å²) in [7, 11) is 0. The van der Waals surface area contributed by atoms with Crippen LogP contribution in [0.1, 0.15) is 35.8 Å². The molecule has 9 heteroatoms. The molecule has 7 nitrogen and oxygen atoms in total. The molecule has 0 spiro atoms. The Hall–Kier alpha value is -2.49. The third-order valence-electron chi connectivity index (χ3n) is 5.15. The third kappa shape index (κ3) is 4.19. The molecule has 5 rings (SSSR count). The molecule has 2 atom stereocenters. The van der Waals surface area contributed by atoms with Crippen molar-refractivity contribution in [3.05, 3.63) is 65.0 Å². The van der Waals surface area contributed by atoms with Crippen LogP contribution < -0.4 is 4.74 Å². The van der Waals surface area contributed by atoms with Crippen molar-refractivity contribution < 1.29 is 18.6 Å². The molecule has 30 heavy (non-hydrogen) atoms. The van der Waals surface area contributed by atoms with E-state index in [9.17, 15) is 4.39 Å². The number of tetrazole rings is 1. The van der Waals surface area contributed by atoms with E-state index in [1.165, 1.54) is 23.9 Å². The van der Waals surface area contributed by atoms with Crippen LogP contribution >= 0.6 is 11.8 Å². The first kappa shape index (κ1) is 19.5. The number of rotatable bonds is 6. The number of nitrogens with zero attached hydrogens (tertiary/aromatic N) is 4. The molecular formula is C21H21FN4O3S. The van der Waals surface area contributed by atoms with Crippen LogP contribution in [0.3, 0.4) is 0 Å². The van der Waals surface area contributed by atoms with Crippen LogP contribution in [-0.2, 0) is 28.4 Å². The van der Waals surface area contributed by atoms with E-state index in [4.69, 9.17) is 14.2 Å². The van der Waals surface area contributed by atoms with Gasteiger partial charge in [0.05, 0.1) is 19.3 Å². The Balaban J connectivity index is 1.33. The van der Waals surface area contributed by atoms with E-state index < -0.39 is 6.29 Å². The summed E-state index contributed by atoms with van der Waals surface area (Å²) in [6, 6.07) is 12.7. The maximum Gasteiger partial charge on any atom is 0.227 e. The average Bonchev–Trinajstić information content (AvgIpc) is 3.45. The number of ether oxygens (including phenoxy) is 3. The van der Waals surface area contributed by atoms with Gasteiger partial charge in [0.15, 0.2) is 0 Å². The molecule has 1 saturated heterocycles. The maximum absolute atomic E-state index is 14.2. The first-order valence-corrected chi connectivity index (χ1v) is 10.9. The molecule has 0 aliphatic carbocycles. The van der Waals surface area contributed by atoms with Crippen molar-refractivity contribution >= 4 is 11.8 Å². The molecule has 1 aromatic heterocycles. The van der Waals surface area contributed by atoms with E-state index in [1.54, 1.807) is 4.68 Å². The molecule has 156 valence electrons. The Morgan fingerprint density at radius 1 is 1.17 bits per heavy atom. The Morgan fingerprint density at radius 3 is 2.90 bits per heavy atom. The van der Waals surface area contributed by atoms with Gasteiger partial charge in [-0.05, 0) is 35.4 Å². The minimum Gasteiger partial charge on any atom is -0.460 e. The Kier molecular flexibility index (Phi) is 5.65. The lowest BCUT2D eigenvalue weighted by Crippen LogP contribution is -2.19. The SMILES string of the molecule is Fc1cc2c(c(CSc3nnnn3CC3CCCO3)c1)OC(c1ccccc1)OC2. The third-order valence-corrected chi connectivity index (χ3v) is 6.16. The Bertz CT molecular complexity index is 1010. The molecule has 0 bridgehead atoms. The monoisotopic (exact) mass is 428 g/mol. The highest BCUT2D eigenvalue weighted by Crippen LogP contribution is 2.38. The molecule has 0 saturated carbocycles.